The van der Waals surface area contributed by atoms with Crippen molar-refractivity contribution in [3.8, 4) is 0 Å². The Morgan fingerprint density at radius 2 is 1.73 bits per heavy atom. The molecule has 0 aliphatic rings. The molecule has 1 N–H and O–H groups in total. The van der Waals surface area contributed by atoms with Gasteiger partial charge in [-0.15, -0.1) is 0 Å². The van der Waals surface area contributed by atoms with Gasteiger partial charge in [-0.25, -0.2) is 0 Å². The average Bonchev–Trinajstić information content (AvgIpc) is 2.08. The molecular formula is C11H21NO3. The van der Waals surface area contributed by atoms with Crippen LogP contribution in [0.4, 0.5) is 0 Å². The van der Waals surface area contributed by atoms with Crippen molar-refractivity contribution < 1.29 is 14.7 Å². The number of aliphatic carboxylic acids is 1. The van der Waals surface area contributed by atoms with Crippen LogP contribution in [-0.4, -0.2) is 35.5 Å². The number of hydrogen-bond donors (Lipinski definition) is 1. The Bertz CT molecular complexity index is 230. The van der Waals surface area contributed by atoms with Crippen molar-refractivity contribution in [1.29, 1.82) is 0 Å². The van der Waals surface area contributed by atoms with E-state index in [0.29, 0.717) is 6.54 Å². The van der Waals surface area contributed by atoms with Crippen molar-refractivity contribution in [2.45, 2.75) is 40.0 Å². The van der Waals surface area contributed by atoms with E-state index in [1.165, 1.54) is 0 Å². The van der Waals surface area contributed by atoms with Crippen molar-refractivity contribution in [2.24, 2.45) is 5.41 Å². The smallest absolute Gasteiger partial charge is 0.303 e. The molecule has 0 rings (SSSR count). The monoisotopic (exact) mass is 215 g/mol. The second-order valence-corrected chi connectivity index (χ2v) is 5.02. The number of amides is 1. The van der Waals surface area contributed by atoms with Gasteiger partial charge in [-0.3, -0.25) is 9.59 Å². The van der Waals surface area contributed by atoms with Gasteiger partial charge in [-0.2, -0.15) is 0 Å². The number of carboxylic acids is 1. The first-order valence-corrected chi connectivity index (χ1v) is 5.18. The second-order valence-electron chi connectivity index (χ2n) is 5.02. The van der Waals surface area contributed by atoms with Crippen LogP contribution in [0.5, 0.6) is 0 Å². The van der Waals surface area contributed by atoms with Gasteiger partial charge in [-0.05, 0) is 11.8 Å². The highest BCUT2D eigenvalue weighted by Crippen LogP contribution is 2.18. The van der Waals surface area contributed by atoms with Crippen molar-refractivity contribution in [1.82, 2.24) is 4.90 Å². The van der Waals surface area contributed by atoms with Crippen molar-refractivity contribution in [2.75, 3.05) is 13.6 Å². The molecule has 0 fully saturated rings. The van der Waals surface area contributed by atoms with Crippen LogP contribution in [0.1, 0.15) is 40.0 Å². The number of rotatable bonds is 5. The molecule has 4 nitrogen and oxygen atoms in total. The number of hydrogen-bond acceptors (Lipinski definition) is 2. The molecule has 15 heavy (non-hydrogen) atoms. The topological polar surface area (TPSA) is 57.6 Å². The Morgan fingerprint density at radius 1 is 1.20 bits per heavy atom. The molecular weight excluding hydrogens is 194 g/mol. The minimum Gasteiger partial charge on any atom is -0.481 e. The maximum atomic E-state index is 11.4. The van der Waals surface area contributed by atoms with Crippen LogP contribution < -0.4 is 0 Å². The van der Waals surface area contributed by atoms with Gasteiger partial charge < -0.3 is 10.0 Å². The zero-order valence-corrected chi connectivity index (χ0v) is 10.0. The summed E-state index contributed by atoms with van der Waals surface area (Å²) in [6, 6.07) is 0. The molecule has 0 aliphatic carbocycles. The number of carbonyl (C=O) groups is 2. The lowest BCUT2D eigenvalue weighted by molar-refractivity contribution is -0.140. The zero-order chi connectivity index (χ0) is 12.1. The van der Waals surface area contributed by atoms with Crippen LogP contribution >= 0.6 is 0 Å². The number of carboxylic acid groups (broad SMARTS) is 1. The van der Waals surface area contributed by atoms with Crippen LogP contribution in [0, 0.1) is 5.41 Å². The fourth-order valence-electron chi connectivity index (χ4n) is 1.03. The molecule has 0 aromatic heterocycles. The molecule has 4 heteroatoms. The van der Waals surface area contributed by atoms with Crippen LogP contribution in [-0.2, 0) is 9.59 Å². The second kappa shape index (κ2) is 5.73. The van der Waals surface area contributed by atoms with Crippen molar-refractivity contribution in [3.63, 3.8) is 0 Å². The fourth-order valence-corrected chi connectivity index (χ4v) is 1.03. The standard InChI is InChI=1S/C11H21NO3/c1-11(2,3)7-8-12(4)9(13)5-6-10(14)15/h5-8H2,1-4H3,(H,14,15). The molecule has 0 saturated heterocycles. The minimum absolute atomic E-state index is 0.0846. The predicted octanol–water partition coefficient (Wildman–Crippen LogP) is 1.75. The summed E-state index contributed by atoms with van der Waals surface area (Å²) < 4.78 is 0. The van der Waals surface area contributed by atoms with Gasteiger partial charge in [0.25, 0.3) is 0 Å². The zero-order valence-electron chi connectivity index (χ0n) is 10.0. The van der Waals surface area contributed by atoms with E-state index in [1.54, 1.807) is 11.9 Å². The maximum absolute atomic E-state index is 11.4. The lowest BCUT2D eigenvalue weighted by Gasteiger charge is -2.23. The van der Waals surface area contributed by atoms with Crippen LogP contribution in [0.15, 0.2) is 0 Å². The van der Waals surface area contributed by atoms with E-state index in [4.69, 9.17) is 5.11 Å². The molecule has 0 saturated carbocycles. The molecule has 0 bridgehead atoms. The average molecular weight is 215 g/mol. The van der Waals surface area contributed by atoms with Crippen LogP contribution in [0.3, 0.4) is 0 Å². The van der Waals surface area contributed by atoms with Crippen LogP contribution in [0.2, 0.25) is 0 Å². The quantitative estimate of drug-likeness (QED) is 0.760. The minimum atomic E-state index is -0.924. The molecule has 0 aliphatic heterocycles. The lowest BCUT2D eigenvalue weighted by atomic mass is 9.92. The Kier molecular flexibility index (Phi) is 5.33. The Morgan fingerprint density at radius 3 is 2.13 bits per heavy atom. The first-order valence-electron chi connectivity index (χ1n) is 5.18. The summed E-state index contributed by atoms with van der Waals surface area (Å²) in [6.07, 6.45) is 0.928. The summed E-state index contributed by atoms with van der Waals surface area (Å²) in [5, 5.41) is 8.43. The van der Waals surface area contributed by atoms with Gasteiger partial charge >= 0.3 is 5.97 Å². The normalized spacial score (nSPS) is 11.2. The molecule has 0 spiro atoms. The van der Waals surface area contributed by atoms with Gasteiger partial charge in [0.15, 0.2) is 0 Å². The summed E-state index contributed by atoms with van der Waals surface area (Å²) in [5.74, 6) is -1.02. The third-order valence-corrected chi connectivity index (χ3v) is 2.18. The molecule has 88 valence electrons. The van der Waals surface area contributed by atoms with Gasteiger partial charge in [0.05, 0.1) is 6.42 Å². The lowest BCUT2D eigenvalue weighted by Crippen LogP contribution is -2.30. The highest BCUT2D eigenvalue weighted by Gasteiger charge is 2.15. The largest absolute Gasteiger partial charge is 0.481 e. The maximum Gasteiger partial charge on any atom is 0.303 e. The van der Waals surface area contributed by atoms with Gasteiger partial charge in [0, 0.05) is 20.0 Å². The third-order valence-electron chi connectivity index (χ3n) is 2.18. The molecule has 0 unspecified atom stereocenters. The van der Waals surface area contributed by atoms with Gasteiger partial charge in [-0.1, -0.05) is 20.8 Å². The first kappa shape index (κ1) is 13.9. The van der Waals surface area contributed by atoms with E-state index in [9.17, 15) is 9.59 Å². The first-order chi connectivity index (χ1) is 6.72. The van der Waals surface area contributed by atoms with E-state index < -0.39 is 5.97 Å². The van der Waals surface area contributed by atoms with E-state index in [1.807, 2.05) is 0 Å². The predicted molar refractivity (Wildman–Crippen MR) is 58.6 cm³/mol. The number of nitrogens with zero attached hydrogens (tertiary/aromatic N) is 1. The molecule has 1 amide bonds. The van der Waals surface area contributed by atoms with E-state index in [0.717, 1.165) is 6.42 Å². The summed E-state index contributed by atoms with van der Waals surface area (Å²) in [6.45, 7) is 7.02. The fraction of sp³-hybridized carbons (Fsp3) is 0.818. The summed E-state index contributed by atoms with van der Waals surface area (Å²) in [4.78, 5) is 23.3. The number of carbonyl (C=O) groups excluding carboxylic acids is 1. The Hall–Kier alpha value is -1.06. The van der Waals surface area contributed by atoms with Gasteiger partial charge in [0.2, 0.25) is 5.91 Å². The molecule has 0 aromatic rings. The molecule has 0 atom stereocenters. The molecule has 0 heterocycles. The van der Waals surface area contributed by atoms with Gasteiger partial charge in [0.1, 0.15) is 0 Å². The molecule has 0 radical (unpaired) electrons. The summed E-state index contributed by atoms with van der Waals surface area (Å²) >= 11 is 0. The summed E-state index contributed by atoms with van der Waals surface area (Å²) in [7, 11) is 1.72. The third kappa shape index (κ3) is 7.97. The van der Waals surface area contributed by atoms with E-state index >= 15 is 0 Å². The SMILES string of the molecule is CN(CCC(C)(C)C)C(=O)CCC(=O)O. The van der Waals surface area contributed by atoms with Crippen molar-refractivity contribution >= 4 is 11.9 Å². The van der Waals surface area contributed by atoms with E-state index in [-0.39, 0.29) is 24.2 Å². The van der Waals surface area contributed by atoms with Crippen LogP contribution in [0.25, 0.3) is 0 Å². The van der Waals surface area contributed by atoms with Crippen molar-refractivity contribution in [3.05, 3.63) is 0 Å². The Balaban J connectivity index is 3.84. The summed E-state index contributed by atoms with van der Waals surface area (Å²) in [5.41, 5.74) is 0.196. The highest BCUT2D eigenvalue weighted by molar-refractivity contribution is 5.80. The Labute approximate surface area is 91.3 Å². The molecule has 0 aromatic carbocycles. The highest BCUT2D eigenvalue weighted by atomic mass is 16.4. The van der Waals surface area contributed by atoms with E-state index in [2.05, 4.69) is 20.8 Å².